The topological polar surface area (TPSA) is 59.8 Å². The number of nitrogens with zero attached hydrogens (tertiary/aromatic N) is 3. The van der Waals surface area contributed by atoms with Gasteiger partial charge in [0.1, 0.15) is 12.2 Å². The minimum absolute atomic E-state index is 0.196. The lowest BCUT2D eigenvalue weighted by Gasteiger charge is -2.17. The molecule has 1 N–H and O–H groups in total. The van der Waals surface area contributed by atoms with Gasteiger partial charge >= 0.3 is 0 Å². The van der Waals surface area contributed by atoms with E-state index in [0.29, 0.717) is 18.4 Å². The van der Waals surface area contributed by atoms with Crippen LogP contribution in [0.25, 0.3) is 0 Å². The molecule has 2 aliphatic carbocycles. The van der Waals surface area contributed by atoms with Gasteiger partial charge in [-0.25, -0.2) is 0 Å². The van der Waals surface area contributed by atoms with Crippen molar-refractivity contribution >= 4 is 5.91 Å². The van der Waals surface area contributed by atoms with Crippen molar-refractivity contribution in [3.05, 3.63) is 24.3 Å². The summed E-state index contributed by atoms with van der Waals surface area (Å²) in [5, 5.41) is 11.0. The average Bonchev–Trinajstić information content (AvgIpc) is 3.14. The summed E-state index contributed by atoms with van der Waals surface area (Å²) in [4.78, 5) is 12.1. The highest BCUT2D eigenvalue weighted by atomic mass is 16.1. The van der Waals surface area contributed by atoms with Crippen LogP contribution in [-0.4, -0.2) is 27.2 Å². The third kappa shape index (κ3) is 2.41. The van der Waals surface area contributed by atoms with Gasteiger partial charge in [-0.1, -0.05) is 19.1 Å². The Balaban J connectivity index is 1.48. The highest BCUT2D eigenvalue weighted by Gasteiger charge is 2.39. The van der Waals surface area contributed by atoms with Crippen molar-refractivity contribution in [1.29, 1.82) is 0 Å². The monoisotopic (exact) mass is 260 g/mol. The van der Waals surface area contributed by atoms with Crippen molar-refractivity contribution < 1.29 is 4.79 Å². The molecule has 102 valence electrons. The summed E-state index contributed by atoms with van der Waals surface area (Å²) in [6.45, 7) is 3.46. The number of carbonyl (C=O) groups excluding carboxylic acids is 1. The number of nitrogens with one attached hydrogen (secondary N) is 1. The molecule has 3 unspecified atom stereocenters. The van der Waals surface area contributed by atoms with E-state index in [4.69, 9.17) is 0 Å². The Kier molecular flexibility index (Phi) is 3.36. The standard InChI is InChI=1S/C14H20N4O/c1-2-13-17-16-9-18(13)6-5-15-14(19)12-8-10-3-4-11(12)7-10/h3-4,9-12H,2,5-8H2,1H3,(H,15,19). The van der Waals surface area contributed by atoms with E-state index in [-0.39, 0.29) is 11.8 Å². The van der Waals surface area contributed by atoms with Crippen LogP contribution in [0.2, 0.25) is 0 Å². The maximum atomic E-state index is 12.1. The van der Waals surface area contributed by atoms with Crippen LogP contribution in [0.5, 0.6) is 0 Å². The third-order valence-corrected chi connectivity index (χ3v) is 4.28. The predicted octanol–water partition coefficient (Wildman–Crippen LogP) is 1.17. The number of hydrogen-bond acceptors (Lipinski definition) is 3. The predicted molar refractivity (Wildman–Crippen MR) is 71.3 cm³/mol. The molecule has 2 aliphatic rings. The van der Waals surface area contributed by atoms with Gasteiger partial charge in [-0.2, -0.15) is 0 Å². The van der Waals surface area contributed by atoms with E-state index in [9.17, 15) is 4.79 Å². The van der Waals surface area contributed by atoms with Crippen LogP contribution in [0.15, 0.2) is 18.5 Å². The number of carbonyl (C=O) groups is 1. The van der Waals surface area contributed by atoms with Crippen LogP contribution in [-0.2, 0) is 17.8 Å². The Morgan fingerprint density at radius 1 is 1.47 bits per heavy atom. The molecule has 0 aliphatic heterocycles. The molecule has 1 saturated carbocycles. The number of aryl methyl sites for hydroxylation is 1. The van der Waals surface area contributed by atoms with Gasteiger partial charge < -0.3 is 9.88 Å². The lowest BCUT2D eigenvalue weighted by molar-refractivity contribution is -0.125. The zero-order valence-corrected chi connectivity index (χ0v) is 11.2. The zero-order chi connectivity index (χ0) is 13.2. The number of hydrogen-bond donors (Lipinski definition) is 1. The quantitative estimate of drug-likeness (QED) is 0.808. The zero-order valence-electron chi connectivity index (χ0n) is 11.2. The molecular weight excluding hydrogens is 240 g/mol. The van der Waals surface area contributed by atoms with Crippen LogP contribution in [0.4, 0.5) is 0 Å². The van der Waals surface area contributed by atoms with E-state index in [2.05, 4.69) is 34.6 Å². The lowest BCUT2D eigenvalue weighted by atomic mass is 9.93. The van der Waals surface area contributed by atoms with Crippen LogP contribution in [0.3, 0.4) is 0 Å². The molecular formula is C14H20N4O. The van der Waals surface area contributed by atoms with Crippen molar-refractivity contribution in [3.63, 3.8) is 0 Å². The van der Waals surface area contributed by atoms with Crippen LogP contribution >= 0.6 is 0 Å². The van der Waals surface area contributed by atoms with E-state index in [1.165, 1.54) is 6.42 Å². The Hall–Kier alpha value is -1.65. The SMILES string of the molecule is CCc1nncn1CCNC(=O)C1CC2C=CC1C2. The maximum absolute atomic E-state index is 12.1. The first-order valence-corrected chi connectivity index (χ1v) is 7.10. The van der Waals surface area contributed by atoms with Crippen molar-refractivity contribution in [2.45, 2.75) is 32.7 Å². The van der Waals surface area contributed by atoms with E-state index in [1.54, 1.807) is 6.33 Å². The number of fused-ring (bicyclic) bond motifs is 2. The van der Waals surface area contributed by atoms with Gasteiger partial charge in [-0.05, 0) is 24.7 Å². The molecule has 0 aromatic carbocycles. The first-order valence-electron chi connectivity index (χ1n) is 7.10. The minimum atomic E-state index is 0.196. The summed E-state index contributed by atoms with van der Waals surface area (Å²) >= 11 is 0. The summed E-state index contributed by atoms with van der Waals surface area (Å²) in [6.07, 6.45) is 9.27. The molecule has 5 nitrogen and oxygen atoms in total. The first-order chi connectivity index (χ1) is 9.28. The van der Waals surface area contributed by atoms with Crippen LogP contribution < -0.4 is 5.32 Å². The molecule has 5 heteroatoms. The summed E-state index contributed by atoms with van der Waals surface area (Å²) in [5.41, 5.74) is 0. The molecule has 0 saturated heterocycles. The molecule has 3 atom stereocenters. The highest BCUT2D eigenvalue weighted by molar-refractivity contribution is 5.79. The number of aromatic nitrogens is 3. The van der Waals surface area contributed by atoms with Crippen molar-refractivity contribution in [1.82, 2.24) is 20.1 Å². The molecule has 0 spiro atoms. The van der Waals surface area contributed by atoms with Crippen LogP contribution in [0, 0.1) is 17.8 Å². The summed E-state index contributed by atoms with van der Waals surface area (Å²) < 4.78 is 2.00. The fourth-order valence-corrected chi connectivity index (χ4v) is 3.25. The highest BCUT2D eigenvalue weighted by Crippen LogP contribution is 2.43. The first kappa shape index (κ1) is 12.4. The fraction of sp³-hybridized carbons (Fsp3) is 0.643. The molecule has 1 aromatic heterocycles. The Bertz CT molecular complexity index is 493. The van der Waals surface area contributed by atoms with Crippen molar-refractivity contribution in [2.24, 2.45) is 17.8 Å². The van der Waals surface area contributed by atoms with E-state index >= 15 is 0 Å². The Morgan fingerprint density at radius 3 is 3.05 bits per heavy atom. The molecule has 1 heterocycles. The fourth-order valence-electron chi connectivity index (χ4n) is 3.25. The third-order valence-electron chi connectivity index (χ3n) is 4.28. The molecule has 1 aromatic rings. The molecule has 3 rings (SSSR count). The second-order valence-electron chi connectivity index (χ2n) is 5.47. The van der Waals surface area contributed by atoms with Gasteiger partial charge in [-0.3, -0.25) is 4.79 Å². The summed E-state index contributed by atoms with van der Waals surface area (Å²) in [7, 11) is 0. The average molecular weight is 260 g/mol. The van der Waals surface area contributed by atoms with Gasteiger partial charge in [0.05, 0.1) is 0 Å². The number of rotatable bonds is 5. The van der Waals surface area contributed by atoms with Gasteiger partial charge in [0.25, 0.3) is 0 Å². The minimum Gasteiger partial charge on any atom is -0.354 e. The smallest absolute Gasteiger partial charge is 0.223 e. The summed E-state index contributed by atoms with van der Waals surface area (Å²) in [5.74, 6) is 2.50. The Morgan fingerprint density at radius 2 is 2.37 bits per heavy atom. The largest absolute Gasteiger partial charge is 0.354 e. The molecule has 2 bridgehead atoms. The number of amides is 1. The molecule has 1 amide bonds. The second-order valence-corrected chi connectivity index (χ2v) is 5.47. The number of allylic oxidation sites excluding steroid dienone is 2. The van der Waals surface area contributed by atoms with Gasteiger partial charge in [-0.15, -0.1) is 10.2 Å². The van der Waals surface area contributed by atoms with Crippen molar-refractivity contribution in [2.75, 3.05) is 6.54 Å². The van der Waals surface area contributed by atoms with Gasteiger partial charge in [0.15, 0.2) is 0 Å². The van der Waals surface area contributed by atoms with E-state index in [0.717, 1.165) is 25.2 Å². The molecule has 19 heavy (non-hydrogen) atoms. The molecule has 0 radical (unpaired) electrons. The van der Waals surface area contributed by atoms with Crippen LogP contribution in [0.1, 0.15) is 25.6 Å². The summed E-state index contributed by atoms with van der Waals surface area (Å²) in [6, 6.07) is 0. The van der Waals surface area contributed by atoms with Crippen molar-refractivity contribution in [3.8, 4) is 0 Å². The van der Waals surface area contributed by atoms with E-state index < -0.39 is 0 Å². The maximum Gasteiger partial charge on any atom is 0.223 e. The van der Waals surface area contributed by atoms with Gasteiger partial charge in [0, 0.05) is 25.4 Å². The second kappa shape index (κ2) is 5.15. The van der Waals surface area contributed by atoms with Gasteiger partial charge in [0.2, 0.25) is 5.91 Å². The Labute approximate surface area is 113 Å². The van der Waals surface area contributed by atoms with E-state index in [1.807, 2.05) is 4.57 Å². The molecule has 1 fully saturated rings. The normalized spacial score (nSPS) is 27.9. The lowest BCUT2D eigenvalue weighted by Crippen LogP contribution is -2.35.